The summed E-state index contributed by atoms with van der Waals surface area (Å²) in [6.07, 6.45) is 3.21. The molecule has 4 aromatic rings. The fraction of sp³-hybridized carbons (Fsp3) is 0.167. The van der Waals surface area contributed by atoms with Crippen molar-refractivity contribution in [3.8, 4) is 11.3 Å². The number of benzene rings is 2. The van der Waals surface area contributed by atoms with Crippen LogP contribution in [0.15, 0.2) is 96.2 Å². The Hall–Kier alpha value is -3.45. The molecule has 0 amide bonds. The number of pyridine rings is 1. The lowest BCUT2D eigenvalue weighted by atomic mass is 10.2. The van der Waals surface area contributed by atoms with E-state index in [1.165, 1.54) is 4.31 Å². The van der Waals surface area contributed by atoms with Gasteiger partial charge in [-0.1, -0.05) is 66.7 Å². The van der Waals surface area contributed by atoms with Crippen LogP contribution in [0.25, 0.3) is 11.3 Å². The summed E-state index contributed by atoms with van der Waals surface area (Å²) >= 11 is 0. The van der Waals surface area contributed by atoms with Gasteiger partial charge in [0.25, 0.3) is 10.0 Å². The highest BCUT2D eigenvalue weighted by Gasteiger charge is 2.31. The van der Waals surface area contributed by atoms with Crippen molar-refractivity contribution in [3.05, 3.63) is 96.8 Å². The SMILES string of the molecule is CC(C)n1cc(S(=O)(=O)N(Cc2ccccc2)c2ccccn2)c(-c2ccccc2)n1. The molecule has 2 heterocycles. The van der Waals surface area contributed by atoms with Crippen molar-refractivity contribution in [2.24, 2.45) is 0 Å². The molecular formula is C24H24N4O2S. The van der Waals surface area contributed by atoms with Gasteiger partial charge in [-0.25, -0.2) is 17.7 Å². The molecule has 0 fully saturated rings. The first-order valence-electron chi connectivity index (χ1n) is 10.1. The number of nitrogens with zero attached hydrogens (tertiary/aromatic N) is 4. The average molecular weight is 433 g/mol. The monoisotopic (exact) mass is 432 g/mol. The Kier molecular flexibility index (Phi) is 5.86. The van der Waals surface area contributed by atoms with Crippen LogP contribution in [-0.4, -0.2) is 23.2 Å². The Morgan fingerprint density at radius 1 is 0.903 bits per heavy atom. The zero-order valence-electron chi connectivity index (χ0n) is 17.5. The maximum Gasteiger partial charge on any atom is 0.269 e. The van der Waals surface area contributed by atoms with Crippen LogP contribution in [0.5, 0.6) is 0 Å². The summed E-state index contributed by atoms with van der Waals surface area (Å²) in [7, 11) is -3.96. The minimum absolute atomic E-state index is 0.0174. The highest BCUT2D eigenvalue weighted by molar-refractivity contribution is 7.93. The molecule has 31 heavy (non-hydrogen) atoms. The highest BCUT2D eigenvalue weighted by atomic mass is 32.2. The molecule has 0 atom stereocenters. The molecule has 2 aromatic carbocycles. The Bertz CT molecular complexity index is 1240. The molecule has 0 aliphatic carbocycles. The van der Waals surface area contributed by atoms with Gasteiger partial charge in [-0.2, -0.15) is 5.10 Å². The van der Waals surface area contributed by atoms with Crippen molar-refractivity contribution < 1.29 is 8.42 Å². The molecule has 6 nitrogen and oxygen atoms in total. The molecule has 2 aromatic heterocycles. The lowest BCUT2D eigenvalue weighted by Gasteiger charge is -2.23. The third-order valence-electron chi connectivity index (χ3n) is 4.92. The van der Waals surface area contributed by atoms with Gasteiger partial charge in [0, 0.05) is 24.0 Å². The standard InChI is InChI=1S/C24H24N4O2S/c1-19(2)27-18-22(24(26-27)21-13-7-4-8-14-21)31(29,30)28(23-15-9-10-16-25-23)17-20-11-5-3-6-12-20/h3-16,18-19H,17H2,1-2H3. The molecule has 0 aliphatic rings. The van der Waals surface area contributed by atoms with E-state index >= 15 is 0 Å². The summed E-state index contributed by atoms with van der Waals surface area (Å²) in [5.41, 5.74) is 2.05. The molecule has 0 N–H and O–H groups in total. The van der Waals surface area contributed by atoms with Gasteiger partial charge >= 0.3 is 0 Å². The number of hydrogen-bond donors (Lipinski definition) is 0. The summed E-state index contributed by atoms with van der Waals surface area (Å²) in [5, 5.41) is 4.62. The van der Waals surface area contributed by atoms with Gasteiger partial charge in [-0.05, 0) is 31.5 Å². The van der Waals surface area contributed by atoms with Gasteiger partial charge in [0.2, 0.25) is 0 Å². The predicted octanol–water partition coefficient (Wildman–Crippen LogP) is 4.92. The minimum atomic E-state index is -3.96. The van der Waals surface area contributed by atoms with Crippen LogP contribution in [0.1, 0.15) is 25.5 Å². The van der Waals surface area contributed by atoms with Crippen LogP contribution in [0.2, 0.25) is 0 Å². The molecule has 0 radical (unpaired) electrons. The quantitative estimate of drug-likeness (QED) is 0.416. The molecular weight excluding hydrogens is 408 g/mol. The van der Waals surface area contributed by atoms with E-state index in [-0.39, 0.29) is 17.5 Å². The number of aromatic nitrogens is 3. The maximum absolute atomic E-state index is 14.0. The van der Waals surface area contributed by atoms with Crippen LogP contribution in [0.3, 0.4) is 0 Å². The zero-order chi connectivity index (χ0) is 21.8. The van der Waals surface area contributed by atoms with E-state index in [0.29, 0.717) is 11.5 Å². The third kappa shape index (κ3) is 4.36. The van der Waals surface area contributed by atoms with Crippen LogP contribution in [-0.2, 0) is 16.6 Å². The zero-order valence-corrected chi connectivity index (χ0v) is 18.3. The predicted molar refractivity (Wildman–Crippen MR) is 122 cm³/mol. The molecule has 158 valence electrons. The largest absolute Gasteiger partial charge is 0.269 e. The van der Waals surface area contributed by atoms with E-state index in [2.05, 4.69) is 10.1 Å². The summed E-state index contributed by atoms with van der Waals surface area (Å²) in [4.78, 5) is 4.49. The van der Waals surface area contributed by atoms with Crippen molar-refractivity contribution in [1.29, 1.82) is 0 Å². The summed E-state index contributed by atoms with van der Waals surface area (Å²) < 4.78 is 31.0. The van der Waals surface area contributed by atoms with Gasteiger partial charge in [-0.3, -0.25) is 4.68 Å². The molecule has 0 saturated carbocycles. The molecule has 0 unspecified atom stereocenters. The van der Waals surface area contributed by atoms with Crippen molar-refractivity contribution in [2.75, 3.05) is 4.31 Å². The van der Waals surface area contributed by atoms with E-state index < -0.39 is 10.0 Å². The molecule has 7 heteroatoms. The van der Waals surface area contributed by atoms with Crippen LogP contribution in [0.4, 0.5) is 5.82 Å². The van der Waals surface area contributed by atoms with Crippen LogP contribution < -0.4 is 4.31 Å². The van der Waals surface area contributed by atoms with Gasteiger partial charge in [-0.15, -0.1) is 0 Å². The van der Waals surface area contributed by atoms with E-state index in [1.54, 1.807) is 35.3 Å². The van der Waals surface area contributed by atoms with E-state index in [0.717, 1.165) is 11.1 Å². The molecule has 0 bridgehead atoms. The van der Waals surface area contributed by atoms with E-state index in [1.807, 2.05) is 74.5 Å². The lowest BCUT2D eigenvalue weighted by molar-refractivity contribution is 0.532. The fourth-order valence-electron chi connectivity index (χ4n) is 3.28. The number of sulfonamides is 1. The van der Waals surface area contributed by atoms with Crippen molar-refractivity contribution in [1.82, 2.24) is 14.8 Å². The molecule has 0 spiro atoms. The molecule has 0 saturated heterocycles. The van der Waals surface area contributed by atoms with Gasteiger partial charge in [0.1, 0.15) is 16.4 Å². The Labute approximate surface area is 182 Å². The third-order valence-corrected chi connectivity index (χ3v) is 6.67. The Morgan fingerprint density at radius 2 is 1.55 bits per heavy atom. The van der Waals surface area contributed by atoms with Crippen LogP contribution >= 0.6 is 0 Å². The molecule has 0 aliphatic heterocycles. The maximum atomic E-state index is 14.0. The fourth-order valence-corrected chi connectivity index (χ4v) is 4.84. The van der Waals surface area contributed by atoms with E-state index in [4.69, 9.17) is 0 Å². The van der Waals surface area contributed by atoms with Crippen molar-refractivity contribution >= 4 is 15.8 Å². The number of rotatable bonds is 7. The number of anilines is 1. The second kappa shape index (κ2) is 8.73. The lowest BCUT2D eigenvalue weighted by Crippen LogP contribution is -2.31. The van der Waals surface area contributed by atoms with Crippen LogP contribution in [0, 0.1) is 0 Å². The van der Waals surface area contributed by atoms with Gasteiger partial charge < -0.3 is 0 Å². The first kappa shape index (κ1) is 20.8. The van der Waals surface area contributed by atoms with Gasteiger partial charge in [0.15, 0.2) is 0 Å². The first-order valence-corrected chi connectivity index (χ1v) is 11.5. The Balaban J connectivity index is 1.88. The first-order chi connectivity index (χ1) is 15.0. The summed E-state index contributed by atoms with van der Waals surface area (Å²) in [6, 6.07) is 24.2. The van der Waals surface area contributed by atoms with Gasteiger partial charge in [0.05, 0.1) is 6.54 Å². The second-order valence-corrected chi connectivity index (χ2v) is 9.30. The average Bonchev–Trinajstić information content (AvgIpc) is 3.26. The van der Waals surface area contributed by atoms with Crippen molar-refractivity contribution in [3.63, 3.8) is 0 Å². The molecule has 4 rings (SSSR count). The summed E-state index contributed by atoms with van der Waals surface area (Å²) in [5.74, 6) is 0.364. The smallest absolute Gasteiger partial charge is 0.268 e. The minimum Gasteiger partial charge on any atom is -0.268 e. The normalized spacial score (nSPS) is 11.6. The summed E-state index contributed by atoms with van der Waals surface area (Å²) in [6.45, 7) is 4.11. The topological polar surface area (TPSA) is 68.1 Å². The van der Waals surface area contributed by atoms with E-state index in [9.17, 15) is 8.42 Å². The second-order valence-electron chi connectivity index (χ2n) is 7.47. The highest BCUT2D eigenvalue weighted by Crippen LogP contribution is 2.32. The Morgan fingerprint density at radius 3 is 2.16 bits per heavy atom. The van der Waals surface area contributed by atoms with Crippen molar-refractivity contribution in [2.45, 2.75) is 31.3 Å². The number of hydrogen-bond acceptors (Lipinski definition) is 4.